The fraction of sp³-hybridized carbons (Fsp3) is 0.333. The van der Waals surface area contributed by atoms with Crippen LogP contribution in [0.1, 0.15) is 67.2 Å². The number of anilines is 1. The molecule has 6 heterocycles. The molecule has 6 aromatic rings. The fourth-order valence-electron chi connectivity index (χ4n) is 7.06. The van der Waals surface area contributed by atoms with Crippen LogP contribution < -0.4 is 20.3 Å². The highest BCUT2D eigenvalue weighted by molar-refractivity contribution is 6.00. The lowest BCUT2D eigenvalue weighted by atomic mass is 9.92. The van der Waals surface area contributed by atoms with E-state index in [1.54, 1.807) is 22.8 Å². The van der Waals surface area contributed by atoms with Crippen LogP contribution in [0, 0.1) is 5.82 Å². The van der Waals surface area contributed by atoms with Crippen molar-refractivity contribution in [2.24, 2.45) is 0 Å². The van der Waals surface area contributed by atoms with E-state index >= 15 is 4.39 Å². The van der Waals surface area contributed by atoms with Crippen molar-refractivity contribution >= 4 is 29.1 Å². The number of rotatable bonds is 11. The number of benzene rings is 2. The summed E-state index contributed by atoms with van der Waals surface area (Å²) in [7, 11) is 0. The van der Waals surface area contributed by atoms with Crippen LogP contribution in [0.2, 0.25) is 0 Å². The lowest BCUT2D eigenvalue weighted by Gasteiger charge is -2.35. The fourth-order valence-corrected chi connectivity index (χ4v) is 7.06. The summed E-state index contributed by atoms with van der Waals surface area (Å²) in [5.74, 6) is 0.0324. The Labute approximate surface area is 333 Å². The Morgan fingerprint density at radius 2 is 1.78 bits per heavy atom. The number of fused-ring (bicyclic) bond motifs is 1. The van der Waals surface area contributed by atoms with Gasteiger partial charge in [0.25, 0.3) is 11.7 Å². The van der Waals surface area contributed by atoms with E-state index in [-0.39, 0.29) is 30.1 Å². The van der Waals surface area contributed by atoms with Crippen molar-refractivity contribution in [2.75, 3.05) is 44.2 Å². The second-order valence-corrected chi connectivity index (χ2v) is 15.5. The topological polar surface area (TPSA) is 173 Å². The molecular weight excluding hydrogens is 744 g/mol. The number of hydrogen-bond acceptors (Lipinski definition) is 12. The molecule has 4 aromatic heterocycles. The Morgan fingerprint density at radius 1 is 0.983 bits per heavy atom. The molecule has 0 spiro atoms. The van der Waals surface area contributed by atoms with Gasteiger partial charge in [0.2, 0.25) is 17.7 Å². The molecule has 2 aliphatic heterocycles. The molecule has 58 heavy (non-hydrogen) atoms. The average Bonchev–Trinajstić information content (AvgIpc) is 3.90. The molecule has 16 heteroatoms. The van der Waals surface area contributed by atoms with Crippen LogP contribution in [0.5, 0.6) is 5.75 Å². The average molecular weight is 787 g/mol. The number of halogens is 1. The highest BCUT2D eigenvalue weighted by atomic mass is 19.1. The number of aromatic nitrogens is 6. The number of carbonyl (C=O) groups excluding carboxylic acids is 3. The Balaban J connectivity index is 0.825. The van der Waals surface area contributed by atoms with Gasteiger partial charge < -0.3 is 19.5 Å². The zero-order valence-electron chi connectivity index (χ0n) is 32.4. The van der Waals surface area contributed by atoms with Crippen LogP contribution in [0.15, 0.2) is 83.9 Å². The molecule has 3 amide bonds. The summed E-state index contributed by atoms with van der Waals surface area (Å²) in [6.07, 6.45) is 5.95. The van der Waals surface area contributed by atoms with Crippen LogP contribution in [0.25, 0.3) is 27.9 Å². The van der Waals surface area contributed by atoms with Crippen molar-refractivity contribution in [1.29, 1.82) is 0 Å². The molecular formula is C42H43FN10O5. The van der Waals surface area contributed by atoms with Gasteiger partial charge in [-0.15, -0.1) is 0 Å². The molecule has 298 valence electrons. The number of hydrogen-bond donors (Lipinski definition) is 2. The monoisotopic (exact) mass is 786 g/mol. The van der Waals surface area contributed by atoms with Gasteiger partial charge in [-0.3, -0.25) is 24.6 Å². The number of piperidine rings is 1. The molecule has 1 unspecified atom stereocenters. The summed E-state index contributed by atoms with van der Waals surface area (Å²) in [5.41, 5.74) is 4.46. The van der Waals surface area contributed by atoms with Crippen LogP contribution in [0.4, 0.5) is 10.2 Å². The predicted molar refractivity (Wildman–Crippen MR) is 211 cm³/mol. The van der Waals surface area contributed by atoms with Gasteiger partial charge >= 0.3 is 0 Å². The summed E-state index contributed by atoms with van der Waals surface area (Å²) in [4.78, 5) is 54.2. The number of piperazine rings is 1. The van der Waals surface area contributed by atoms with Gasteiger partial charge in [0.15, 0.2) is 0 Å². The first-order chi connectivity index (χ1) is 28.0. The second-order valence-electron chi connectivity index (χ2n) is 15.5. The zero-order chi connectivity index (χ0) is 40.4. The van der Waals surface area contributed by atoms with Crippen LogP contribution in [0.3, 0.4) is 0 Å². The SMILES string of the molecule is CC(C)(C)c1nc(C(=O)NCc2ccc(-c3ncnn4cc(-c5ccc(OCCN6CCN(c7ccc(C8CCC(=O)NC8=O)cn7)CC6)cc5)cc34)cc2F)no1. The molecule has 15 nitrogen and oxygen atoms in total. The number of nitrogens with one attached hydrogen (secondary N) is 2. The smallest absolute Gasteiger partial charge is 0.292 e. The third kappa shape index (κ3) is 8.41. The molecule has 0 radical (unpaired) electrons. The van der Waals surface area contributed by atoms with Crippen molar-refractivity contribution in [2.45, 2.75) is 51.5 Å². The Kier molecular flexibility index (Phi) is 10.7. The van der Waals surface area contributed by atoms with Gasteiger partial charge in [-0.1, -0.05) is 56.3 Å². The van der Waals surface area contributed by atoms with Crippen molar-refractivity contribution in [3.63, 3.8) is 0 Å². The predicted octanol–water partition coefficient (Wildman–Crippen LogP) is 4.93. The first-order valence-electron chi connectivity index (χ1n) is 19.2. The molecule has 1 atom stereocenters. The lowest BCUT2D eigenvalue weighted by molar-refractivity contribution is -0.134. The maximum atomic E-state index is 15.3. The Bertz CT molecular complexity index is 2450. The van der Waals surface area contributed by atoms with Gasteiger partial charge in [0, 0.05) is 80.2 Å². The van der Waals surface area contributed by atoms with Crippen LogP contribution >= 0.6 is 0 Å². The lowest BCUT2D eigenvalue weighted by Crippen LogP contribution is -2.47. The number of imide groups is 1. The third-order valence-electron chi connectivity index (χ3n) is 10.4. The summed E-state index contributed by atoms with van der Waals surface area (Å²) < 4.78 is 28.3. The maximum Gasteiger partial charge on any atom is 0.292 e. The maximum absolute atomic E-state index is 15.3. The zero-order valence-corrected chi connectivity index (χ0v) is 32.4. The highest BCUT2D eigenvalue weighted by Gasteiger charge is 2.29. The molecule has 0 aliphatic carbocycles. The third-order valence-corrected chi connectivity index (χ3v) is 10.4. The molecule has 2 saturated heterocycles. The summed E-state index contributed by atoms with van der Waals surface area (Å²) in [5, 5.41) is 13.2. The van der Waals surface area contributed by atoms with Crippen molar-refractivity contribution < 1.29 is 28.0 Å². The van der Waals surface area contributed by atoms with Gasteiger partial charge in [-0.2, -0.15) is 10.1 Å². The van der Waals surface area contributed by atoms with Crippen molar-refractivity contribution in [1.82, 2.24) is 45.3 Å². The second kappa shape index (κ2) is 16.1. The van der Waals surface area contributed by atoms with Gasteiger partial charge in [-0.05, 0) is 47.9 Å². The number of pyridine rings is 1. The highest BCUT2D eigenvalue weighted by Crippen LogP contribution is 2.30. The summed E-state index contributed by atoms with van der Waals surface area (Å²) in [6.45, 7) is 10.4. The largest absolute Gasteiger partial charge is 0.492 e. The van der Waals surface area contributed by atoms with Gasteiger partial charge in [-0.25, -0.2) is 18.9 Å². The number of ether oxygens (including phenoxy) is 1. The normalized spacial score (nSPS) is 16.4. The molecule has 0 bridgehead atoms. The van der Waals surface area contributed by atoms with Crippen molar-refractivity contribution in [3.05, 3.63) is 108 Å². The number of amides is 3. The molecule has 2 aromatic carbocycles. The minimum absolute atomic E-state index is 0.0546. The van der Waals surface area contributed by atoms with Crippen LogP contribution in [-0.2, 0) is 21.5 Å². The minimum Gasteiger partial charge on any atom is -0.492 e. The van der Waals surface area contributed by atoms with E-state index in [9.17, 15) is 14.4 Å². The van der Waals surface area contributed by atoms with E-state index < -0.39 is 17.1 Å². The van der Waals surface area contributed by atoms with E-state index in [0.29, 0.717) is 47.7 Å². The summed E-state index contributed by atoms with van der Waals surface area (Å²) >= 11 is 0. The number of carbonyl (C=O) groups is 3. The van der Waals surface area contributed by atoms with Crippen LogP contribution in [-0.4, -0.2) is 91.7 Å². The molecule has 2 N–H and O–H groups in total. The van der Waals surface area contributed by atoms with E-state index in [1.807, 2.05) is 69.4 Å². The van der Waals surface area contributed by atoms with E-state index in [1.165, 1.54) is 12.4 Å². The number of nitrogens with zero attached hydrogens (tertiary/aromatic N) is 8. The van der Waals surface area contributed by atoms with E-state index in [2.05, 4.69) is 45.6 Å². The molecule has 0 saturated carbocycles. The first kappa shape index (κ1) is 38.3. The standard InChI is InChI=1S/C42H43FN10O5/c1-42(2,3)41-49-38(50-58-41)40(56)45-23-29-5-4-27(20-33(29)43)37-34-21-30(24-53(34)47-25-46-37)26-6-9-31(10-7-26)57-19-18-51-14-16-52(17-15-51)35-12-8-28(22-44-35)32-11-13-36(54)48-39(32)55/h4-10,12,20-22,24-25,32H,11,13-19,23H2,1-3H3,(H,45,56)(H,48,54,55). The van der Waals surface area contributed by atoms with E-state index in [4.69, 9.17) is 9.26 Å². The first-order valence-corrected chi connectivity index (χ1v) is 19.2. The van der Waals surface area contributed by atoms with Crippen molar-refractivity contribution in [3.8, 4) is 28.1 Å². The molecule has 2 aliphatic rings. The summed E-state index contributed by atoms with van der Waals surface area (Å²) in [6, 6.07) is 18.5. The van der Waals surface area contributed by atoms with Gasteiger partial charge in [0.1, 0.15) is 30.3 Å². The Hall–Kier alpha value is -6.55. The molecule has 8 rings (SSSR count). The van der Waals surface area contributed by atoms with E-state index in [0.717, 1.165) is 61.0 Å². The quantitative estimate of drug-likeness (QED) is 0.170. The Morgan fingerprint density at radius 3 is 2.48 bits per heavy atom. The minimum atomic E-state index is -0.556. The molecule has 2 fully saturated rings. The van der Waals surface area contributed by atoms with Gasteiger partial charge in [0.05, 0.1) is 17.1 Å².